The molecule has 0 heterocycles. The molecule has 0 spiro atoms. The molecule has 4 nitrogen and oxygen atoms in total. The predicted molar refractivity (Wildman–Crippen MR) is 57.6 cm³/mol. The number of carboxylic acids is 1. The van der Waals surface area contributed by atoms with Gasteiger partial charge in [0.25, 0.3) is 0 Å². The van der Waals surface area contributed by atoms with Crippen molar-refractivity contribution in [1.82, 2.24) is 4.90 Å². The average molecular weight is 205 g/mol. The number of nitrogens with zero attached hydrogens (tertiary/aromatic N) is 1. The lowest BCUT2D eigenvalue weighted by Crippen LogP contribution is -2.28. The Bertz CT molecular complexity index is 137. The SMILES string of the molecule is CC.CO[C@H](CCC(=O)O)CN(C)C. The standard InChI is InChI=1S/C8H17NO3.C2H6/c1-9(2)6-7(12-3)4-5-8(10)11;1-2/h7H,4-6H2,1-3H3,(H,10,11);1-2H3/t7-;/m1./s1. The fraction of sp³-hybridized carbons (Fsp3) is 0.900. The first-order chi connectivity index (χ1) is 6.56. The van der Waals surface area contributed by atoms with Crippen LogP contribution in [0.1, 0.15) is 26.7 Å². The van der Waals surface area contributed by atoms with Gasteiger partial charge in [0, 0.05) is 20.1 Å². The maximum Gasteiger partial charge on any atom is 0.303 e. The van der Waals surface area contributed by atoms with Crippen molar-refractivity contribution < 1.29 is 14.6 Å². The van der Waals surface area contributed by atoms with Crippen LogP contribution >= 0.6 is 0 Å². The second-order valence-corrected chi connectivity index (χ2v) is 3.05. The predicted octanol–water partition coefficient (Wildman–Crippen LogP) is 1.45. The van der Waals surface area contributed by atoms with Gasteiger partial charge in [0.2, 0.25) is 0 Å². The second kappa shape index (κ2) is 10.5. The van der Waals surface area contributed by atoms with Crippen LogP contribution in [0.2, 0.25) is 0 Å². The molecule has 0 aromatic heterocycles. The molecule has 0 aromatic carbocycles. The van der Waals surface area contributed by atoms with Crippen molar-refractivity contribution >= 4 is 5.97 Å². The van der Waals surface area contributed by atoms with Gasteiger partial charge in [-0.3, -0.25) is 4.79 Å². The molecule has 0 radical (unpaired) electrons. The molecule has 0 saturated heterocycles. The van der Waals surface area contributed by atoms with E-state index in [0.29, 0.717) is 6.42 Å². The highest BCUT2D eigenvalue weighted by Crippen LogP contribution is 2.02. The maximum absolute atomic E-state index is 10.2. The number of aliphatic carboxylic acids is 1. The van der Waals surface area contributed by atoms with Gasteiger partial charge in [0.15, 0.2) is 0 Å². The highest BCUT2D eigenvalue weighted by atomic mass is 16.5. The Morgan fingerprint density at radius 1 is 1.43 bits per heavy atom. The van der Waals surface area contributed by atoms with Crippen LogP contribution in [0, 0.1) is 0 Å². The van der Waals surface area contributed by atoms with E-state index in [-0.39, 0.29) is 12.5 Å². The van der Waals surface area contributed by atoms with Crippen LogP contribution in [-0.4, -0.2) is 49.8 Å². The van der Waals surface area contributed by atoms with Gasteiger partial charge in [-0.1, -0.05) is 13.8 Å². The molecule has 0 aromatic rings. The van der Waals surface area contributed by atoms with E-state index in [2.05, 4.69) is 0 Å². The lowest BCUT2D eigenvalue weighted by Gasteiger charge is -2.18. The fourth-order valence-electron chi connectivity index (χ4n) is 0.975. The Hall–Kier alpha value is -0.610. The van der Waals surface area contributed by atoms with E-state index in [4.69, 9.17) is 9.84 Å². The van der Waals surface area contributed by atoms with Crippen LogP contribution in [0.3, 0.4) is 0 Å². The Kier molecular flexibility index (Phi) is 11.9. The number of hydrogen-bond acceptors (Lipinski definition) is 3. The average Bonchev–Trinajstić information content (AvgIpc) is 2.14. The number of hydrogen-bond donors (Lipinski definition) is 1. The number of likely N-dealkylation sites (N-methyl/N-ethyl adjacent to an activating group) is 1. The number of ether oxygens (including phenoxy) is 1. The maximum atomic E-state index is 10.2. The van der Waals surface area contributed by atoms with Crippen LogP contribution in [0.15, 0.2) is 0 Å². The van der Waals surface area contributed by atoms with Crippen molar-refractivity contribution in [2.45, 2.75) is 32.8 Å². The number of rotatable bonds is 6. The molecule has 1 atom stereocenters. The molecule has 0 amide bonds. The summed E-state index contributed by atoms with van der Waals surface area (Å²) in [6.07, 6.45) is 0.771. The van der Waals surface area contributed by atoms with E-state index >= 15 is 0 Å². The van der Waals surface area contributed by atoms with Gasteiger partial charge in [-0.2, -0.15) is 0 Å². The zero-order chi connectivity index (χ0) is 11.6. The lowest BCUT2D eigenvalue weighted by molar-refractivity contribution is -0.137. The molecule has 0 bridgehead atoms. The van der Waals surface area contributed by atoms with E-state index in [9.17, 15) is 4.79 Å². The van der Waals surface area contributed by atoms with Crippen LogP contribution in [0.4, 0.5) is 0 Å². The summed E-state index contributed by atoms with van der Waals surface area (Å²) >= 11 is 0. The van der Waals surface area contributed by atoms with Crippen LogP contribution < -0.4 is 0 Å². The van der Waals surface area contributed by atoms with E-state index in [1.54, 1.807) is 7.11 Å². The van der Waals surface area contributed by atoms with Crippen molar-refractivity contribution in [2.24, 2.45) is 0 Å². The second-order valence-electron chi connectivity index (χ2n) is 3.05. The summed E-state index contributed by atoms with van der Waals surface area (Å²) in [5.41, 5.74) is 0. The quantitative estimate of drug-likeness (QED) is 0.713. The number of carboxylic acid groups (broad SMARTS) is 1. The van der Waals surface area contributed by atoms with Crippen LogP contribution in [0.5, 0.6) is 0 Å². The van der Waals surface area contributed by atoms with Crippen LogP contribution in [-0.2, 0) is 9.53 Å². The minimum absolute atomic E-state index is 0.0242. The van der Waals surface area contributed by atoms with Crippen LogP contribution in [0.25, 0.3) is 0 Å². The molecular formula is C10H23NO3. The number of carbonyl (C=O) groups is 1. The first kappa shape index (κ1) is 15.8. The molecule has 4 heteroatoms. The van der Waals surface area contributed by atoms with Gasteiger partial charge >= 0.3 is 5.97 Å². The molecule has 0 fully saturated rings. The first-order valence-corrected chi connectivity index (χ1v) is 4.95. The molecule has 1 N–H and O–H groups in total. The van der Waals surface area contributed by atoms with Gasteiger partial charge in [-0.25, -0.2) is 0 Å². The molecular weight excluding hydrogens is 182 g/mol. The Morgan fingerprint density at radius 2 is 1.93 bits per heavy atom. The van der Waals surface area contributed by atoms with Crippen molar-refractivity contribution in [3.05, 3.63) is 0 Å². The lowest BCUT2D eigenvalue weighted by atomic mass is 10.2. The summed E-state index contributed by atoms with van der Waals surface area (Å²) in [6.45, 7) is 4.77. The molecule has 86 valence electrons. The van der Waals surface area contributed by atoms with Gasteiger partial charge in [0.05, 0.1) is 6.10 Å². The van der Waals surface area contributed by atoms with Crippen molar-refractivity contribution in [3.8, 4) is 0 Å². The molecule has 14 heavy (non-hydrogen) atoms. The van der Waals surface area contributed by atoms with Gasteiger partial charge in [-0.05, 0) is 20.5 Å². The van der Waals surface area contributed by atoms with Gasteiger partial charge in [0.1, 0.15) is 0 Å². The highest BCUT2D eigenvalue weighted by molar-refractivity contribution is 5.66. The molecule has 0 aliphatic rings. The topological polar surface area (TPSA) is 49.8 Å². The minimum Gasteiger partial charge on any atom is -0.481 e. The normalized spacial score (nSPS) is 11.9. The van der Waals surface area contributed by atoms with Crippen molar-refractivity contribution in [2.75, 3.05) is 27.7 Å². The molecule has 0 aliphatic heterocycles. The molecule has 0 rings (SSSR count). The minimum atomic E-state index is -0.768. The Morgan fingerprint density at radius 3 is 2.21 bits per heavy atom. The first-order valence-electron chi connectivity index (χ1n) is 4.95. The van der Waals surface area contributed by atoms with E-state index in [1.165, 1.54) is 0 Å². The van der Waals surface area contributed by atoms with E-state index in [0.717, 1.165) is 6.54 Å². The smallest absolute Gasteiger partial charge is 0.303 e. The molecule has 0 saturated carbocycles. The monoisotopic (exact) mass is 205 g/mol. The highest BCUT2D eigenvalue weighted by Gasteiger charge is 2.10. The summed E-state index contributed by atoms with van der Waals surface area (Å²) in [5, 5.41) is 8.42. The Labute approximate surface area is 86.9 Å². The third-order valence-electron chi connectivity index (χ3n) is 1.58. The summed E-state index contributed by atoms with van der Waals surface area (Å²) in [7, 11) is 5.48. The third-order valence-corrected chi connectivity index (χ3v) is 1.58. The summed E-state index contributed by atoms with van der Waals surface area (Å²) in [6, 6.07) is 0. The summed E-state index contributed by atoms with van der Waals surface area (Å²) < 4.78 is 5.11. The Balaban J connectivity index is 0. The fourth-order valence-corrected chi connectivity index (χ4v) is 0.975. The zero-order valence-electron chi connectivity index (χ0n) is 9.91. The van der Waals surface area contributed by atoms with E-state index in [1.807, 2.05) is 32.8 Å². The van der Waals surface area contributed by atoms with Crippen molar-refractivity contribution in [1.29, 1.82) is 0 Å². The molecule has 0 aliphatic carbocycles. The zero-order valence-corrected chi connectivity index (χ0v) is 9.91. The van der Waals surface area contributed by atoms with Crippen molar-refractivity contribution in [3.63, 3.8) is 0 Å². The molecule has 0 unspecified atom stereocenters. The number of methoxy groups -OCH3 is 1. The summed E-state index contributed by atoms with van der Waals surface area (Å²) in [5.74, 6) is -0.768. The third kappa shape index (κ3) is 11.4. The van der Waals surface area contributed by atoms with Gasteiger partial charge < -0.3 is 14.7 Å². The largest absolute Gasteiger partial charge is 0.481 e. The van der Waals surface area contributed by atoms with Gasteiger partial charge in [-0.15, -0.1) is 0 Å². The van der Waals surface area contributed by atoms with E-state index < -0.39 is 5.97 Å². The summed E-state index contributed by atoms with van der Waals surface area (Å²) in [4.78, 5) is 12.2.